The van der Waals surface area contributed by atoms with Crippen LogP contribution < -0.4 is 31.8 Å². The molecule has 5 aliphatic carbocycles. The Kier molecular flexibility index (Phi) is 13.2. The molecule has 4 aromatic rings. The molecular formula is C65H76N4O11. The predicted octanol–water partition coefficient (Wildman–Crippen LogP) is 8.00. The molecule has 9 aliphatic rings. The number of allylic oxidation sites excluding steroid dienone is 5. The fourth-order valence-electron chi connectivity index (χ4n) is 16.9. The first-order valence-corrected chi connectivity index (χ1v) is 29.4. The quantitative estimate of drug-likeness (QED) is 0.0751. The molecule has 11 N–H and O–H groups in total. The van der Waals surface area contributed by atoms with Crippen LogP contribution in [0.4, 0.5) is 0 Å². The fraction of sp³-hybridized carbons (Fsp3) is 0.508. The topological polar surface area (TPSA) is 249 Å². The van der Waals surface area contributed by atoms with E-state index in [4.69, 9.17) is 19.6 Å². The third-order valence-electron chi connectivity index (χ3n) is 20.8. The summed E-state index contributed by atoms with van der Waals surface area (Å²) < 4.78 is 21.6. The molecule has 1 unspecified atom stereocenters. The minimum atomic E-state index is -1.52. The van der Waals surface area contributed by atoms with Gasteiger partial charge in [0.2, 0.25) is 0 Å². The summed E-state index contributed by atoms with van der Waals surface area (Å²) in [6.07, 6.45) is 13.9. The van der Waals surface area contributed by atoms with Gasteiger partial charge in [0, 0.05) is 54.1 Å². The van der Waals surface area contributed by atoms with Gasteiger partial charge in [0.1, 0.15) is 63.7 Å². The van der Waals surface area contributed by atoms with Gasteiger partial charge in [-0.2, -0.15) is 0 Å². The largest absolute Gasteiger partial charge is 0.508 e. The Hall–Kier alpha value is -6.36. The molecule has 1 aromatic heterocycles. The van der Waals surface area contributed by atoms with Crippen molar-refractivity contribution in [1.82, 2.24) is 16.0 Å². The molecule has 4 aliphatic heterocycles. The third-order valence-corrected chi connectivity index (χ3v) is 20.8. The Morgan fingerprint density at radius 1 is 0.988 bits per heavy atom. The highest BCUT2D eigenvalue weighted by molar-refractivity contribution is 5.94. The number of aliphatic hydroxyl groups is 4. The minimum Gasteiger partial charge on any atom is -0.508 e. The monoisotopic (exact) mass is 1090 g/mol. The number of nitrogens with one attached hydrogen (secondary N) is 3. The maximum absolute atomic E-state index is 15.9. The van der Waals surface area contributed by atoms with Crippen molar-refractivity contribution in [1.29, 1.82) is 0 Å². The number of aryl methyl sites for hydroxylation is 1. The summed E-state index contributed by atoms with van der Waals surface area (Å²) in [4.78, 5) is 30.5. The number of likely N-dealkylation sites (N-methyl/N-ethyl adjacent to an activating group) is 1. The lowest BCUT2D eigenvalue weighted by Gasteiger charge is -2.52. The number of fused-ring (bicyclic) bond motifs is 10. The molecule has 15 heteroatoms. The lowest BCUT2D eigenvalue weighted by atomic mass is 9.61. The number of aromatic hydroxyl groups is 2. The summed E-state index contributed by atoms with van der Waals surface area (Å²) >= 11 is 0. The number of benzene rings is 3. The first-order chi connectivity index (χ1) is 38.5. The standard InChI is InChI=1S/C65H76N4O11/c1-4-67-52-25-36-13-16-43-44-17-12-34-11-15-41(72)26-46(34)48(32-71)53(45-18-21-68-61(66)54(44)45)56-59-47(58(74)55-50(73)27-42(31-70)78-60(55)56)28-51(63(3,80-59)49(43)24-38(36)30-69-52)79-62(75)57-33(2)10-14-40-23-37(29-65(40,57)77)35-8-7-9-39(22-35)64(76)19-5-6-20-64/h7-9,11,15,18,22,25-27,30,37,40,43-44,48-49,51-53,67-72,74,76-77H,4-6,10,12-14,16-17,19-21,23-24,28-29,31-32,66H2,1-3H3/t37-,40+,43+,44-,48+,49-,51+,52?,53-,63-,65+/m0/s1. The number of hydrogen-bond acceptors (Lipinski definition) is 15. The molecule has 0 spiro atoms. The van der Waals surface area contributed by atoms with Crippen LogP contribution in [-0.4, -0.2) is 79.8 Å². The molecule has 0 saturated heterocycles. The van der Waals surface area contributed by atoms with E-state index in [9.17, 15) is 35.4 Å². The Morgan fingerprint density at radius 3 is 2.60 bits per heavy atom. The zero-order valence-corrected chi connectivity index (χ0v) is 46.1. The van der Waals surface area contributed by atoms with Crippen LogP contribution in [0.1, 0.15) is 155 Å². The molecule has 3 saturated carbocycles. The van der Waals surface area contributed by atoms with E-state index in [2.05, 4.69) is 53.4 Å². The van der Waals surface area contributed by atoms with Crippen LogP contribution in [0.3, 0.4) is 0 Å². The summed E-state index contributed by atoms with van der Waals surface area (Å²) in [7, 11) is 0. The SMILES string of the molecule is CCNC1C=C2CC[C@@H]3[C@@H]4CCc5ccc(O)cc5[C@@H](CO)[C@H](C5=CCNC(N)=C54)c4c5c(c(O)c6c(=O)cc(CO)oc46)C[C@@H](OC(=O)C4=C(C)CC[C@@H]6C[C@H](c7cccc(C8(O)CCCC8)c7)C[C@]46O)[C@@](C)(O5)[C@H]3CC2=CN1. The van der Waals surface area contributed by atoms with E-state index in [1.807, 2.05) is 32.0 Å². The van der Waals surface area contributed by atoms with E-state index in [0.717, 1.165) is 64.8 Å². The molecule has 15 nitrogen and oxygen atoms in total. The maximum Gasteiger partial charge on any atom is 0.337 e. The number of carbonyl (C=O) groups is 1. The van der Waals surface area contributed by atoms with Crippen molar-refractivity contribution in [2.45, 2.75) is 164 Å². The van der Waals surface area contributed by atoms with Crippen molar-refractivity contribution in [3.63, 3.8) is 0 Å². The number of aliphatic hydroxyl groups excluding tert-OH is 2. The molecule has 422 valence electrons. The molecule has 3 fully saturated rings. The Labute approximate surface area is 466 Å². The van der Waals surface area contributed by atoms with E-state index in [0.29, 0.717) is 87.7 Å². The smallest absolute Gasteiger partial charge is 0.337 e. The predicted molar refractivity (Wildman–Crippen MR) is 301 cm³/mol. The number of esters is 1. The highest BCUT2D eigenvalue weighted by atomic mass is 16.6. The Morgan fingerprint density at radius 2 is 1.81 bits per heavy atom. The molecule has 11 atom stereocenters. The summed E-state index contributed by atoms with van der Waals surface area (Å²) in [6, 6.07) is 14.7. The van der Waals surface area contributed by atoms with Crippen molar-refractivity contribution >= 4 is 16.9 Å². The lowest BCUT2D eigenvalue weighted by Crippen LogP contribution is -2.59. The molecule has 0 amide bonds. The van der Waals surface area contributed by atoms with Crippen LogP contribution in [0.2, 0.25) is 0 Å². The first kappa shape index (κ1) is 53.0. The second-order valence-electron chi connectivity index (χ2n) is 24.9. The number of nitrogens with two attached hydrogens (primary N) is 1. The number of rotatable bonds is 8. The first-order valence-electron chi connectivity index (χ1n) is 29.4. The fourth-order valence-corrected chi connectivity index (χ4v) is 16.9. The zero-order chi connectivity index (χ0) is 55.6. The summed E-state index contributed by atoms with van der Waals surface area (Å²) in [5, 5.41) is 82.2. The van der Waals surface area contributed by atoms with E-state index in [1.165, 1.54) is 11.6 Å². The molecule has 80 heavy (non-hydrogen) atoms. The van der Waals surface area contributed by atoms with E-state index in [-0.39, 0.29) is 75.6 Å². The van der Waals surface area contributed by atoms with Gasteiger partial charge in [-0.15, -0.1) is 0 Å². The molecule has 5 heterocycles. The molecular weight excluding hydrogens is 1010 g/mol. The van der Waals surface area contributed by atoms with Crippen LogP contribution in [0, 0.1) is 23.7 Å². The second kappa shape index (κ2) is 20.0. The Balaban J connectivity index is 1.02. The zero-order valence-electron chi connectivity index (χ0n) is 46.1. The van der Waals surface area contributed by atoms with Crippen molar-refractivity contribution in [2.75, 3.05) is 19.7 Å². The van der Waals surface area contributed by atoms with Crippen molar-refractivity contribution in [3.8, 4) is 17.2 Å². The molecule has 4 bridgehead atoms. The van der Waals surface area contributed by atoms with Crippen molar-refractivity contribution < 1.29 is 49.3 Å². The molecule has 3 aromatic carbocycles. The van der Waals surface area contributed by atoms with Gasteiger partial charge in [-0.3, -0.25) is 10.1 Å². The third kappa shape index (κ3) is 8.37. The number of dihydropyridines is 2. The average molecular weight is 1090 g/mol. The van der Waals surface area contributed by atoms with Gasteiger partial charge in [-0.05, 0) is 177 Å². The summed E-state index contributed by atoms with van der Waals surface area (Å²) in [5.41, 5.74) is 12.1. The van der Waals surface area contributed by atoms with Crippen molar-refractivity contribution in [3.05, 3.63) is 156 Å². The van der Waals surface area contributed by atoms with E-state index < -0.39 is 71.0 Å². The number of phenols is 2. The number of hydrogen-bond donors (Lipinski definition) is 10. The molecule has 13 rings (SSSR count). The van der Waals surface area contributed by atoms with Crippen LogP contribution in [0.25, 0.3) is 11.0 Å². The lowest BCUT2D eigenvalue weighted by molar-refractivity contribution is -0.172. The van der Waals surface area contributed by atoms with Gasteiger partial charge < -0.3 is 60.9 Å². The van der Waals surface area contributed by atoms with Gasteiger partial charge in [0.05, 0.1) is 23.9 Å². The van der Waals surface area contributed by atoms with Gasteiger partial charge in [0.15, 0.2) is 5.43 Å². The Bertz CT molecular complexity index is 3440. The van der Waals surface area contributed by atoms with Crippen LogP contribution in [-0.2, 0) is 34.6 Å². The average Bonchev–Trinajstić information content (AvgIpc) is 4.10. The van der Waals surface area contributed by atoms with E-state index in [1.54, 1.807) is 12.1 Å². The van der Waals surface area contributed by atoms with E-state index >= 15 is 4.79 Å². The summed E-state index contributed by atoms with van der Waals surface area (Å²) in [5.74, 6) is -3.21. The van der Waals surface area contributed by atoms with Crippen molar-refractivity contribution in [2.24, 2.45) is 29.4 Å². The number of phenolic OH excluding ortho intramolecular Hbond substituents is 2. The minimum absolute atomic E-state index is 0.0132. The normalized spacial score (nSPS) is 32.1. The number of carbonyl (C=O) groups excluding carboxylic acids is 1. The second-order valence-corrected chi connectivity index (χ2v) is 24.9. The van der Waals surface area contributed by atoms with Gasteiger partial charge >= 0.3 is 5.97 Å². The highest BCUT2D eigenvalue weighted by Gasteiger charge is 2.60. The van der Waals surface area contributed by atoms with Crippen LogP contribution in [0.5, 0.6) is 17.2 Å². The van der Waals surface area contributed by atoms with Gasteiger partial charge in [-0.1, -0.05) is 61.7 Å². The number of ether oxygens (including phenoxy) is 2. The highest BCUT2D eigenvalue weighted by Crippen LogP contribution is 2.62. The molecule has 0 radical (unpaired) electrons. The van der Waals surface area contributed by atoms with Gasteiger partial charge in [-0.25, -0.2) is 4.79 Å². The van der Waals surface area contributed by atoms with Gasteiger partial charge in [0.25, 0.3) is 0 Å². The van der Waals surface area contributed by atoms with Crippen LogP contribution >= 0.6 is 0 Å². The van der Waals surface area contributed by atoms with Crippen LogP contribution in [0.15, 0.2) is 115 Å². The summed E-state index contributed by atoms with van der Waals surface area (Å²) in [6.45, 7) is 6.08. The maximum atomic E-state index is 15.9.